The van der Waals surface area contributed by atoms with Gasteiger partial charge in [-0.25, -0.2) is 0 Å². The van der Waals surface area contributed by atoms with Crippen molar-refractivity contribution in [3.8, 4) is 11.4 Å². The van der Waals surface area contributed by atoms with Gasteiger partial charge in [0.1, 0.15) is 5.71 Å². The smallest absolute Gasteiger partial charge is 0.309 e. The number of likely N-dealkylation sites (tertiary alicyclic amines) is 1. The summed E-state index contributed by atoms with van der Waals surface area (Å²) < 4.78 is 5.59. The van der Waals surface area contributed by atoms with E-state index in [9.17, 15) is 4.79 Å². The number of carbonyl (C=O) groups is 1. The number of carboxylic acids is 1. The summed E-state index contributed by atoms with van der Waals surface area (Å²) in [5.74, 6) is 0.0535. The molecule has 1 N–H and O–H groups in total. The second kappa shape index (κ2) is 9.15. The summed E-state index contributed by atoms with van der Waals surface area (Å²) in [7, 11) is 0. The fourth-order valence-electron chi connectivity index (χ4n) is 4.41. The standard InChI is InChI=1S/C25H27N5O3/c1-2-12-30-22(18-6-4-3-5-7-18)13-21(27-30)24-26-23(28-33-24)19-10-8-17(9-11-19)14-29-15-20(16-29)25(31)32/h3-11,20,22H,2,12-16H2,1H3,(H,31,32). The van der Waals surface area contributed by atoms with Crippen molar-refractivity contribution in [3.63, 3.8) is 0 Å². The Hall–Kier alpha value is -3.52. The zero-order valence-corrected chi connectivity index (χ0v) is 18.6. The Balaban J connectivity index is 1.26. The van der Waals surface area contributed by atoms with Crippen LogP contribution in [0.3, 0.4) is 0 Å². The molecular weight excluding hydrogens is 418 g/mol. The number of hydrogen-bond acceptors (Lipinski definition) is 7. The lowest BCUT2D eigenvalue weighted by Crippen LogP contribution is -2.49. The summed E-state index contributed by atoms with van der Waals surface area (Å²) in [6.45, 7) is 4.97. The van der Waals surface area contributed by atoms with Gasteiger partial charge in [0.2, 0.25) is 5.82 Å². The van der Waals surface area contributed by atoms with Crippen molar-refractivity contribution in [1.82, 2.24) is 20.0 Å². The molecule has 33 heavy (non-hydrogen) atoms. The number of benzene rings is 2. The van der Waals surface area contributed by atoms with Crippen LogP contribution >= 0.6 is 0 Å². The predicted molar refractivity (Wildman–Crippen MR) is 123 cm³/mol. The van der Waals surface area contributed by atoms with Crippen LogP contribution in [0.4, 0.5) is 0 Å². The molecular formula is C25H27N5O3. The largest absolute Gasteiger partial charge is 0.481 e. The molecule has 8 heteroatoms. The quantitative estimate of drug-likeness (QED) is 0.563. The van der Waals surface area contributed by atoms with Gasteiger partial charge in [-0.1, -0.05) is 66.7 Å². The van der Waals surface area contributed by atoms with E-state index in [0.29, 0.717) is 24.8 Å². The molecule has 0 saturated carbocycles. The Morgan fingerprint density at radius 3 is 2.58 bits per heavy atom. The zero-order valence-electron chi connectivity index (χ0n) is 18.6. The molecule has 8 nitrogen and oxygen atoms in total. The molecule has 0 radical (unpaired) electrons. The van der Waals surface area contributed by atoms with Crippen LogP contribution < -0.4 is 0 Å². The van der Waals surface area contributed by atoms with Gasteiger partial charge in [0.05, 0.1) is 12.0 Å². The molecule has 1 atom stereocenters. The van der Waals surface area contributed by atoms with Gasteiger partial charge in [-0.05, 0) is 17.5 Å². The molecule has 1 saturated heterocycles. The van der Waals surface area contributed by atoms with Gasteiger partial charge >= 0.3 is 5.97 Å². The monoisotopic (exact) mass is 445 g/mol. The predicted octanol–water partition coefficient (Wildman–Crippen LogP) is 3.81. The Kier molecular flexibility index (Phi) is 5.92. The molecule has 0 aliphatic carbocycles. The highest BCUT2D eigenvalue weighted by Gasteiger charge is 2.32. The first-order valence-corrected chi connectivity index (χ1v) is 11.4. The molecule has 1 fully saturated rings. The van der Waals surface area contributed by atoms with E-state index in [1.807, 2.05) is 30.3 Å². The Bertz CT molecular complexity index is 1140. The van der Waals surface area contributed by atoms with Gasteiger partial charge in [0.25, 0.3) is 5.89 Å². The minimum Gasteiger partial charge on any atom is -0.481 e. The van der Waals surface area contributed by atoms with Crippen LogP contribution in [-0.4, -0.2) is 56.5 Å². The van der Waals surface area contributed by atoms with E-state index in [-0.39, 0.29) is 12.0 Å². The van der Waals surface area contributed by atoms with Crippen LogP contribution in [0.2, 0.25) is 0 Å². The number of aliphatic carboxylic acids is 1. The summed E-state index contributed by atoms with van der Waals surface area (Å²) in [5.41, 5.74) is 4.06. The summed E-state index contributed by atoms with van der Waals surface area (Å²) in [6.07, 6.45) is 1.74. The summed E-state index contributed by atoms with van der Waals surface area (Å²) >= 11 is 0. The summed E-state index contributed by atoms with van der Waals surface area (Å²) in [5, 5.41) is 20.1. The van der Waals surface area contributed by atoms with Gasteiger partial charge in [0, 0.05) is 38.2 Å². The molecule has 2 aliphatic rings. The fraction of sp³-hybridized carbons (Fsp3) is 0.360. The number of hydrogen-bond donors (Lipinski definition) is 1. The molecule has 3 aromatic rings. The number of rotatable bonds is 8. The summed E-state index contributed by atoms with van der Waals surface area (Å²) in [4.78, 5) is 17.7. The van der Waals surface area contributed by atoms with Crippen molar-refractivity contribution < 1.29 is 14.4 Å². The lowest BCUT2D eigenvalue weighted by Gasteiger charge is -2.36. The summed E-state index contributed by atoms with van der Waals surface area (Å²) in [6, 6.07) is 18.6. The molecule has 1 aromatic heterocycles. The van der Waals surface area contributed by atoms with Crippen LogP contribution in [0.5, 0.6) is 0 Å². The molecule has 5 rings (SSSR count). The molecule has 0 spiro atoms. The lowest BCUT2D eigenvalue weighted by atomic mass is 9.99. The average molecular weight is 446 g/mol. The first kappa shape index (κ1) is 21.3. The van der Waals surface area contributed by atoms with Crippen LogP contribution in [0.15, 0.2) is 64.2 Å². The maximum Gasteiger partial charge on any atom is 0.309 e. The van der Waals surface area contributed by atoms with Crippen LogP contribution in [-0.2, 0) is 11.3 Å². The third-order valence-corrected chi connectivity index (χ3v) is 6.23. The number of nitrogens with zero attached hydrogens (tertiary/aromatic N) is 5. The van der Waals surface area contributed by atoms with Gasteiger partial charge in [-0.2, -0.15) is 10.1 Å². The van der Waals surface area contributed by atoms with Gasteiger partial charge in [-0.3, -0.25) is 14.7 Å². The van der Waals surface area contributed by atoms with Gasteiger partial charge in [-0.15, -0.1) is 0 Å². The van der Waals surface area contributed by atoms with Crippen molar-refractivity contribution in [3.05, 3.63) is 71.6 Å². The molecule has 0 amide bonds. The molecule has 1 unspecified atom stereocenters. The molecule has 3 heterocycles. The minimum absolute atomic E-state index is 0.179. The van der Waals surface area contributed by atoms with E-state index in [4.69, 9.17) is 14.7 Å². The van der Waals surface area contributed by atoms with E-state index in [1.165, 1.54) is 5.56 Å². The lowest BCUT2D eigenvalue weighted by molar-refractivity contribution is -0.147. The normalized spacial score (nSPS) is 18.9. The SMILES string of the molecule is CCCN1N=C(c2nc(-c3ccc(CN4CC(C(=O)O)C4)cc3)no2)CC1c1ccccc1. The second-order valence-corrected chi connectivity index (χ2v) is 8.69. The molecule has 0 bridgehead atoms. The number of hydrazone groups is 1. The number of aromatic nitrogens is 2. The number of carboxylic acid groups (broad SMARTS) is 1. The first-order valence-electron chi connectivity index (χ1n) is 11.4. The maximum atomic E-state index is 11.0. The average Bonchev–Trinajstić information content (AvgIpc) is 3.45. The topological polar surface area (TPSA) is 95.1 Å². The maximum absolute atomic E-state index is 11.0. The zero-order chi connectivity index (χ0) is 22.8. The Labute approximate surface area is 192 Å². The second-order valence-electron chi connectivity index (χ2n) is 8.69. The van der Waals surface area contributed by atoms with Crippen molar-refractivity contribution in [1.29, 1.82) is 0 Å². The molecule has 170 valence electrons. The van der Waals surface area contributed by atoms with E-state index in [2.05, 4.69) is 51.2 Å². The van der Waals surface area contributed by atoms with Crippen molar-refractivity contribution in [2.75, 3.05) is 19.6 Å². The Morgan fingerprint density at radius 1 is 1.12 bits per heavy atom. The fourth-order valence-corrected chi connectivity index (χ4v) is 4.41. The highest BCUT2D eigenvalue weighted by atomic mass is 16.5. The first-order chi connectivity index (χ1) is 16.1. The van der Waals surface area contributed by atoms with E-state index >= 15 is 0 Å². The van der Waals surface area contributed by atoms with Crippen LogP contribution in [0.25, 0.3) is 11.4 Å². The third kappa shape index (κ3) is 4.52. The van der Waals surface area contributed by atoms with E-state index < -0.39 is 5.97 Å². The van der Waals surface area contributed by atoms with E-state index in [0.717, 1.165) is 42.8 Å². The van der Waals surface area contributed by atoms with Gasteiger partial charge in [0.15, 0.2) is 0 Å². The highest BCUT2D eigenvalue weighted by Crippen LogP contribution is 2.32. The minimum atomic E-state index is -0.714. The van der Waals surface area contributed by atoms with Crippen LogP contribution in [0, 0.1) is 5.92 Å². The molecule has 2 aromatic carbocycles. The van der Waals surface area contributed by atoms with Crippen LogP contribution in [0.1, 0.15) is 42.8 Å². The van der Waals surface area contributed by atoms with Crippen molar-refractivity contribution in [2.24, 2.45) is 11.0 Å². The van der Waals surface area contributed by atoms with Crippen molar-refractivity contribution in [2.45, 2.75) is 32.4 Å². The highest BCUT2D eigenvalue weighted by molar-refractivity contribution is 5.98. The van der Waals surface area contributed by atoms with Crippen molar-refractivity contribution >= 4 is 11.7 Å². The molecule has 2 aliphatic heterocycles. The van der Waals surface area contributed by atoms with E-state index in [1.54, 1.807) is 0 Å². The van der Waals surface area contributed by atoms with Gasteiger partial charge < -0.3 is 9.63 Å². The Morgan fingerprint density at radius 2 is 1.88 bits per heavy atom. The third-order valence-electron chi connectivity index (χ3n) is 6.23.